The smallest absolute Gasteiger partial charge is 0.259 e. The van der Waals surface area contributed by atoms with Crippen LogP contribution in [0.15, 0.2) is 18.3 Å². The number of rotatable bonds is 4. The Balaban J connectivity index is 1.82. The molecule has 6 nitrogen and oxygen atoms in total. The number of methoxy groups -OCH3 is 2. The maximum atomic E-state index is 12.9. The normalized spacial score (nSPS) is 27.4. The Morgan fingerprint density at radius 3 is 3.17 bits per heavy atom. The molecule has 0 unspecified atom stereocenters. The van der Waals surface area contributed by atoms with Crippen molar-refractivity contribution in [3.05, 3.63) is 23.9 Å². The van der Waals surface area contributed by atoms with Gasteiger partial charge in [-0.15, -0.1) is 0 Å². The number of ether oxygens (including phenoxy) is 3. The molecule has 0 aliphatic carbocycles. The summed E-state index contributed by atoms with van der Waals surface area (Å²) in [7, 11) is 3.25. The average Bonchev–Trinajstić information content (AvgIpc) is 2.60. The van der Waals surface area contributed by atoms with Crippen LogP contribution in [-0.2, 0) is 9.47 Å². The second kappa shape index (κ2) is 6.84. The number of nitrogens with zero attached hydrogens (tertiary/aromatic N) is 2. The second-order valence-electron chi connectivity index (χ2n) is 6.33. The lowest BCUT2D eigenvalue weighted by molar-refractivity contribution is -0.142. The first kappa shape index (κ1) is 16.2. The number of hydrogen-bond donors (Lipinski definition) is 0. The maximum Gasteiger partial charge on any atom is 0.259 e. The van der Waals surface area contributed by atoms with Crippen LogP contribution in [-0.4, -0.2) is 62.4 Å². The molecule has 6 heteroatoms. The van der Waals surface area contributed by atoms with Crippen molar-refractivity contribution in [1.29, 1.82) is 0 Å². The zero-order valence-electron chi connectivity index (χ0n) is 13.8. The van der Waals surface area contributed by atoms with Crippen LogP contribution in [0.5, 0.6) is 5.88 Å². The summed E-state index contributed by atoms with van der Waals surface area (Å²) in [6, 6.07) is 3.53. The summed E-state index contributed by atoms with van der Waals surface area (Å²) in [5.74, 6) is 0.342. The first-order valence-electron chi connectivity index (χ1n) is 8.09. The molecule has 0 bridgehead atoms. The van der Waals surface area contributed by atoms with E-state index in [0.29, 0.717) is 31.1 Å². The number of likely N-dealkylation sites (tertiary alicyclic amines) is 1. The number of hydrogen-bond acceptors (Lipinski definition) is 5. The van der Waals surface area contributed by atoms with Crippen LogP contribution < -0.4 is 4.74 Å². The Kier molecular flexibility index (Phi) is 4.82. The van der Waals surface area contributed by atoms with Gasteiger partial charge in [0.1, 0.15) is 5.56 Å². The summed E-state index contributed by atoms with van der Waals surface area (Å²) in [5, 5.41) is 0. The van der Waals surface area contributed by atoms with Crippen molar-refractivity contribution < 1.29 is 19.0 Å². The van der Waals surface area contributed by atoms with Gasteiger partial charge in [0.2, 0.25) is 5.88 Å². The number of carbonyl (C=O) groups excluding carboxylic acids is 1. The second-order valence-corrected chi connectivity index (χ2v) is 6.33. The molecule has 3 heterocycles. The average molecular weight is 320 g/mol. The van der Waals surface area contributed by atoms with Gasteiger partial charge in [0, 0.05) is 38.4 Å². The summed E-state index contributed by atoms with van der Waals surface area (Å²) in [5.41, 5.74) is 0.411. The van der Waals surface area contributed by atoms with E-state index in [4.69, 9.17) is 14.2 Å². The van der Waals surface area contributed by atoms with Crippen molar-refractivity contribution in [3.63, 3.8) is 0 Å². The summed E-state index contributed by atoms with van der Waals surface area (Å²) >= 11 is 0. The van der Waals surface area contributed by atoms with E-state index in [1.807, 2.05) is 4.90 Å². The number of pyridine rings is 1. The molecule has 0 N–H and O–H groups in total. The molecule has 2 fully saturated rings. The molecule has 2 aliphatic heterocycles. The lowest BCUT2D eigenvalue weighted by Crippen LogP contribution is -2.58. The Labute approximate surface area is 136 Å². The maximum absolute atomic E-state index is 12.9. The highest BCUT2D eigenvalue weighted by molar-refractivity contribution is 5.96. The minimum atomic E-state index is -0.101. The highest BCUT2D eigenvalue weighted by atomic mass is 16.5. The standard InChI is InChI=1S/C17H24N2O4/c1-21-12-17-7-4-10-23-14(17)6-9-19(11-17)16(20)13-5-3-8-18-15(13)22-2/h3,5,8,14H,4,6-7,9-12H2,1-2H3/t14-,17+/m0/s1. The molecule has 23 heavy (non-hydrogen) atoms. The molecule has 126 valence electrons. The third kappa shape index (κ3) is 3.05. The first-order valence-corrected chi connectivity index (χ1v) is 8.09. The fourth-order valence-corrected chi connectivity index (χ4v) is 3.85. The molecular weight excluding hydrogens is 296 g/mol. The molecule has 2 atom stereocenters. The summed E-state index contributed by atoms with van der Waals surface area (Å²) in [6.45, 7) is 2.77. The van der Waals surface area contributed by atoms with E-state index in [9.17, 15) is 4.79 Å². The van der Waals surface area contributed by atoms with E-state index in [-0.39, 0.29) is 17.4 Å². The monoisotopic (exact) mass is 320 g/mol. The highest BCUT2D eigenvalue weighted by Crippen LogP contribution is 2.40. The number of aromatic nitrogens is 1. The molecule has 0 radical (unpaired) electrons. The Morgan fingerprint density at radius 2 is 2.39 bits per heavy atom. The van der Waals surface area contributed by atoms with E-state index in [1.54, 1.807) is 25.4 Å². The van der Waals surface area contributed by atoms with Crippen molar-refractivity contribution >= 4 is 5.91 Å². The van der Waals surface area contributed by atoms with Gasteiger partial charge in [-0.2, -0.15) is 0 Å². The molecule has 1 aromatic heterocycles. The third-order valence-electron chi connectivity index (χ3n) is 4.90. The first-order chi connectivity index (χ1) is 11.2. The molecule has 2 aliphatic rings. The predicted molar refractivity (Wildman–Crippen MR) is 84.6 cm³/mol. The van der Waals surface area contributed by atoms with E-state index < -0.39 is 0 Å². The van der Waals surface area contributed by atoms with Crippen molar-refractivity contribution in [3.8, 4) is 5.88 Å². The van der Waals surface area contributed by atoms with E-state index in [2.05, 4.69) is 4.98 Å². The zero-order valence-corrected chi connectivity index (χ0v) is 13.8. The van der Waals surface area contributed by atoms with Gasteiger partial charge in [0.05, 0.1) is 19.8 Å². The zero-order chi connectivity index (χ0) is 16.3. The molecule has 0 spiro atoms. The van der Waals surface area contributed by atoms with Gasteiger partial charge in [-0.1, -0.05) is 0 Å². The molecule has 2 saturated heterocycles. The van der Waals surface area contributed by atoms with Gasteiger partial charge in [0.25, 0.3) is 5.91 Å². The fraction of sp³-hybridized carbons (Fsp3) is 0.647. The van der Waals surface area contributed by atoms with Crippen LogP contribution in [0.3, 0.4) is 0 Å². The van der Waals surface area contributed by atoms with Gasteiger partial charge in [-0.25, -0.2) is 4.98 Å². The van der Waals surface area contributed by atoms with Crippen LogP contribution in [0, 0.1) is 5.41 Å². The van der Waals surface area contributed by atoms with Crippen LogP contribution in [0.1, 0.15) is 29.6 Å². The third-order valence-corrected chi connectivity index (χ3v) is 4.90. The van der Waals surface area contributed by atoms with Crippen LogP contribution >= 0.6 is 0 Å². The predicted octanol–water partition coefficient (Wildman–Crippen LogP) is 1.75. The van der Waals surface area contributed by atoms with Crippen molar-refractivity contribution in [2.75, 3.05) is 40.5 Å². The summed E-state index contributed by atoms with van der Waals surface area (Å²) in [6.07, 6.45) is 4.69. The lowest BCUT2D eigenvalue weighted by atomic mass is 9.73. The minimum Gasteiger partial charge on any atom is -0.480 e. The Hall–Kier alpha value is -1.66. The Morgan fingerprint density at radius 1 is 1.52 bits per heavy atom. The lowest BCUT2D eigenvalue weighted by Gasteiger charge is -2.50. The number of carbonyl (C=O) groups is 1. The van der Waals surface area contributed by atoms with Gasteiger partial charge < -0.3 is 19.1 Å². The molecule has 3 rings (SSSR count). The van der Waals surface area contributed by atoms with E-state index >= 15 is 0 Å². The van der Waals surface area contributed by atoms with E-state index in [1.165, 1.54) is 7.11 Å². The number of piperidine rings is 1. The number of fused-ring (bicyclic) bond motifs is 1. The van der Waals surface area contributed by atoms with Gasteiger partial charge in [-0.3, -0.25) is 4.79 Å². The molecular formula is C17H24N2O4. The molecule has 1 amide bonds. The molecule has 0 saturated carbocycles. The molecule has 0 aromatic carbocycles. The topological polar surface area (TPSA) is 60.9 Å². The van der Waals surface area contributed by atoms with Crippen molar-refractivity contribution in [2.24, 2.45) is 5.41 Å². The largest absolute Gasteiger partial charge is 0.480 e. The van der Waals surface area contributed by atoms with E-state index in [0.717, 1.165) is 25.9 Å². The van der Waals surface area contributed by atoms with Crippen molar-refractivity contribution in [2.45, 2.75) is 25.4 Å². The van der Waals surface area contributed by atoms with Crippen LogP contribution in [0.4, 0.5) is 0 Å². The highest BCUT2D eigenvalue weighted by Gasteiger charge is 2.47. The Bertz CT molecular complexity index is 561. The van der Waals surface area contributed by atoms with Gasteiger partial charge in [0.15, 0.2) is 0 Å². The van der Waals surface area contributed by atoms with Crippen LogP contribution in [0.2, 0.25) is 0 Å². The fourth-order valence-electron chi connectivity index (χ4n) is 3.85. The minimum absolute atomic E-state index is 0.0329. The van der Waals surface area contributed by atoms with Gasteiger partial charge >= 0.3 is 0 Å². The SMILES string of the molecule is COC[C@]12CCCO[C@H]1CCN(C(=O)c1cccnc1OC)C2. The van der Waals surface area contributed by atoms with Crippen molar-refractivity contribution in [1.82, 2.24) is 9.88 Å². The summed E-state index contributed by atoms with van der Waals surface area (Å²) < 4.78 is 16.7. The number of amides is 1. The quantitative estimate of drug-likeness (QED) is 0.846. The van der Waals surface area contributed by atoms with Gasteiger partial charge in [-0.05, 0) is 31.4 Å². The molecule has 1 aromatic rings. The summed E-state index contributed by atoms with van der Waals surface area (Å²) in [4.78, 5) is 18.9. The van der Waals surface area contributed by atoms with Crippen LogP contribution in [0.25, 0.3) is 0 Å².